The molecule has 3 aromatic heterocycles. The maximum absolute atomic E-state index is 4.85. The molecule has 10 heteroatoms. The largest absolute Gasteiger partial charge is 0.319 e. The minimum atomic E-state index is 0.319. The minimum absolute atomic E-state index is 0.319. The molecule has 0 saturated carbocycles. The number of nitrogens with zero attached hydrogens (tertiary/aromatic N) is 7. The number of hydrogen-bond acceptors (Lipinski definition) is 10. The maximum atomic E-state index is 4.85. The van der Waals surface area contributed by atoms with Gasteiger partial charge in [0.05, 0.1) is 0 Å². The van der Waals surface area contributed by atoms with Crippen molar-refractivity contribution in [1.29, 1.82) is 0 Å². The smallest absolute Gasteiger partial charge is 0.245 e. The van der Waals surface area contributed by atoms with Crippen molar-refractivity contribution in [2.24, 2.45) is 0 Å². The Morgan fingerprint density at radius 2 is 1.61 bits per heavy atom. The SMILES string of the molecule is CCc1nnc(Nc2nc3nonc3nc2N(Cc2ccccc2)c2ccccc2)s1. The first kappa shape index (κ1) is 19.1. The van der Waals surface area contributed by atoms with Gasteiger partial charge in [0.15, 0.2) is 11.6 Å². The van der Waals surface area contributed by atoms with Crippen LogP contribution in [-0.2, 0) is 13.0 Å². The molecule has 5 aromatic rings. The molecule has 0 aliphatic carbocycles. The van der Waals surface area contributed by atoms with Crippen molar-refractivity contribution in [3.63, 3.8) is 0 Å². The molecule has 5 rings (SSSR count). The minimum Gasteiger partial charge on any atom is -0.319 e. The molecule has 154 valence electrons. The van der Waals surface area contributed by atoms with E-state index in [2.05, 4.69) is 47.8 Å². The van der Waals surface area contributed by atoms with E-state index in [-0.39, 0.29) is 0 Å². The van der Waals surface area contributed by atoms with Crippen LogP contribution in [0.2, 0.25) is 0 Å². The number of anilines is 4. The van der Waals surface area contributed by atoms with E-state index in [1.807, 2.05) is 55.5 Å². The van der Waals surface area contributed by atoms with E-state index in [9.17, 15) is 0 Å². The Morgan fingerprint density at radius 3 is 2.32 bits per heavy atom. The predicted molar refractivity (Wildman–Crippen MR) is 119 cm³/mol. The lowest BCUT2D eigenvalue weighted by Crippen LogP contribution is -2.20. The highest BCUT2D eigenvalue weighted by Gasteiger charge is 2.21. The molecule has 0 atom stereocenters. The van der Waals surface area contributed by atoms with Gasteiger partial charge >= 0.3 is 0 Å². The Morgan fingerprint density at radius 1 is 0.903 bits per heavy atom. The zero-order valence-corrected chi connectivity index (χ0v) is 17.5. The number of para-hydroxylation sites is 1. The van der Waals surface area contributed by atoms with Gasteiger partial charge in [-0.15, -0.1) is 10.2 Å². The van der Waals surface area contributed by atoms with E-state index in [0.29, 0.717) is 34.6 Å². The molecule has 0 aliphatic rings. The molecule has 0 aliphatic heterocycles. The Kier molecular flexibility index (Phi) is 5.19. The van der Waals surface area contributed by atoms with Crippen LogP contribution in [0.25, 0.3) is 11.3 Å². The summed E-state index contributed by atoms with van der Waals surface area (Å²) in [4.78, 5) is 11.4. The fourth-order valence-corrected chi connectivity index (χ4v) is 3.79. The third-order valence-corrected chi connectivity index (χ3v) is 5.58. The average Bonchev–Trinajstić information content (AvgIpc) is 3.47. The first-order valence-electron chi connectivity index (χ1n) is 9.76. The van der Waals surface area contributed by atoms with Crippen LogP contribution in [0.15, 0.2) is 65.3 Å². The Bertz CT molecular complexity index is 1290. The summed E-state index contributed by atoms with van der Waals surface area (Å²) in [7, 11) is 0. The summed E-state index contributed by atoms with van der Waals surface area (Å²) in [5.41, 5.74) is 2.74. The van der Waals surface area contributed by atoms with Crippen molar-refractivity contribution < 1.29 is 4.63 Å². The van der Waals surface area contributed by atoms with Crippen molar-refractivity contribution in [3.8, 4) is 0 Å². The lowest BCUT2D eigenvalue weighted by molar-refractivity contribution is 0.314. The van der Waals surface area contributed by atoms with Gasteiger partial charge in [-0.3, -0.25) is 0 Å². The van der Waals surface area contributed by atoms with E-state index in [1.54, 1.807) is 0 Å². The van der Waals surface area contributed by atoms with Gasteiger partial charge in [0.2, 0.25) is 16.4 Å². The molecule has 0 radical (unpaired) electrons. The maximum Gasteiger partial charge on any atom is 0.245 e. The molecule has 0 unspecified atom stereocenters. The first-order valence-corrected chi connectivity index (χ1v) is 10.6. The van der Waals surface area contributed by atoms with Gasteiger partial charge in [-0.25, -0.2) is 14.6 Å². The van der Waals surface area contributed by atoms with E-state index >= 15 is 0 Å². The molecule has 2 aromatic carbocycles. The molecule has 0 spiro atoms. The molecule has 0 saturated heterocycles. The third-order valence-electron chi connectivity index (χ3n) is 4.60. The van der Waals surface area contributed by atoms with Gasteiger partial charge in [0.1, 0.15) is 5.01 Å². The van der Waals surface area contributed by atoms with Crippen LogP contribution in [-0.4, -0.2) is 30.5 Å². The van der Waals surface area contributed by atoms with E-state index in [4.69, 9.17) is 9.61 Å². The topological polar surface area (TPSA) is 106 Å². The van der Waals surface area contributed by atoms with Crippen molar-refractivity contribution in [1.82, 2.24) is 30.5 Å². The number of aryl methyl sites for hydroxylation is 1. The predicted octanol–water partition coefficient (Wildman–Crippen LogP) is 4.51. The van der Waals surface area contributed by atoms with Crippen LogP contribution in [0.4, 0.5) is 22.5 Å². The summed E-state index contributed by atoms with van der Waals surface area (Å²) >= 11 is 1.48. The summed E-state index contributed by atoms with van der Waals surface area (Å²) < 4.78 is 4.85. The molecule has 3 heterocycles. The van der Waals surface area contributed by atoms with Crippen LogP contribution in [0.3, 0.4) is 0 Å². The number of aromatic nitrogens is 6. The fourth-order valence-electron chi connectivity index (χ4n) is 3.11. The number of rotatable bonds is 7. The molecule has 1 N–H and O–H groups in total. The van der Waals surface area contributed by atoms with Crippen LogP contribution < -0.4 is 10.2 Å². The second-order valence-electron chi connectivity index (χ2n) is 6.69. The lowest BCUT2D eigenvalue weighted by atomic mass is 10.2. The van der Waals surface area contributed by atoms with Crippen LogP contribution in [0.1, 0.15) is 17.5 Å². The average molecular weight is 430 g/mol. The second-order valence-corrected chi connectivity index (χ2v) is 7.76. The molecule has 0 bridgehead atoms. The fraction of sp³-hybridized carbons (Fsp3) is 0.143. The standard InChI is InChI=1S/C21H18N8OS/c1-2-16-25-26-21(31-16)24-19-20(23-18-17(22-19)27-30-28-18)29(15-11-7-4-8-12-15)13-14-9-5-3-6-10-14/h3-12H,2,13H2,1H3,(H,22,24,26,27). The number of nitrogens with one attached hydrogen (secondary N) is 1. The Balaban J connectivity index is 1.63. The molecule has 31 heavy (non-hydrogen) atoms. The zero-order chi connectivity index (χ0) is 21.0. The summed E-state index contributed by atoms with van der Waals surface area (Å²) in [6, 6.07) is 20.2. The van der Waals surface area contributed by atoms with Crippen molar-refractivity contribution in [2.45, 2.75) is 19.9 Å². The van der Waals surface area contributed by atoms with E-state index < -0.39 is 0 Å². The highest BCUT2D eigenvalue weighted by Crippen LogP contribution is 2.34. The highest BCUT2D eigenvalue weighted by atomic mass is 32.1. The van der Waals surface area contributed by atoms with Crippen molar-refractivity contribution in [3.05, 3.63) is 71.2 Å². The lowest BCUT2D eigenvalue weighted by Gasteiger charge is -2.25. The molecule has 9 nitrogen and oxygen atoms in total. The molecule has 0 fully saturated rings. The normalized spacial score (nSPS) is 11.0. The van der Waals surface area contributed by atoms with Gasteiger partial charge in [0, 0.05) is 12.2 Å². The van der Waals surface area contributed by atoms with Crippen molar-refractivity contribution >= 4 is 45.1 Å². The summed E-state index contributed by atoms with van der Waals surface area (Å²) in [6.45, 7) is 2.63. The summed E-state index contributed by atoms with van der Waals surface area (Å²) in [5.74, 6) is 1.09. The van der Waals surface area contributed by atoms with E-state index in [1.165, 1.54) is 11.3 Å². The van der Waals surface area contributed by atoms with Gasteiger partial charge in [0.25, 0.3) is 0 Å². The number of benzene rings is 2. The first-order chi connectivity index (χ1) is 15.3. The number of fused-ring (bicyclic) bond motifs is 1. The van der Waals surface area contributed by atoms with Gasteiger partial charge in [-0.05, 0) is 34.4 Å². The molecule has 0 amide bonds. The molecular formula is C21H18N8OS. The highest BCUT2D eigenvalue weighted by molar-refractivity contribution is 7.15. The van der Waals surface area contributed by atoms with Crippen molar-refractivity contribution in [2.75, 3.05) is 10.2 Å². The van der Waals surface area contributed by atoms with Crippen LogP contribution in [0.5, 0.6) is 0 Å². The van der Waals surface area contributed by atoms with E-state index in [0.717, 1.165) is 22.7 Å². The van der Waals surface area contributed by atoms with Gasteiger partial charge in [-0.1, -0.05) is 66.8 Å². The number of hydrogen-bond donors (Lipinski definition) is 1. The Labute approximate surface area is 181 Å². The van der Waals surface area contributed by atoms with Gasteiger partial charge < -0.3 is 10.2 Å². The monoisotopic (exact) mass is 430 g/mol. The van der Waals surface area contributed by atoms with Gasteiger partial charge in [-0.2, -0.15) is 0 Å². The molecular weight excluding hydrogens is 412 g/mol. The third kappa shape index (κ3) is 4.05. The van der Waals surface area contributed by atoms with Crippen LogP contribution >= 0.6 is 11.3 Å². The summed E-state index contributed by atoms with van der Waals surface area (Å²) in [6.07, 6.45) is 0.814. The quantitative estimate of drug-likeness (QED) is 0.399. The Hall–Kier alpha value is -3.92. The second kappa shape index (κ2) is 8.44. The zero-order valence-electron chi connectivity index (χ0n) is 16.6. The summed E-state index contributed by atoms with van der Waals surface area (Å²) in [5, 5.41) is 21.0. The van der Waals surface area contributed by atoms with Crippen LogP contribution in [0, 0.1) is 0 Å².